The van der Waals surface area contributed by atoms with Crippen molar-refractivity contribution in [1.82, 2.24) is 45.1 Å². The summed E-state index contributed by atoms with van der Waals surface area (Å²) in [6, 6.07) is 44.1. The summed E-state index contributed by atoms with van der Waals surface area (Å²) in [6.07, 6.45) is 0.255. The van der Waals surface area contributed by atoms with Crippen molar-refractivity contribution in [3.8, 4) is 0 Å². The Kier molecular flexibility index (Phi) is 50.5. The molecule has 38 nitrogen and oxygen atoms in total. The highest BCUT2D eigenvalue weighted by atomic mass is 35.5. The van der Waals surface area contributed by atoms with Crippen LogP contribution in [0.3, 0.4) is 0 Å². The first kappa shape index (κ1) is 119. The van der Waals surface area contributed by atoms with E-state index in [-0.39, 0.29) is 144 Å². The first-order valence-electron chi connectivity index (χ1n) is 45.0. The van der Waals surface area contributed by atoms with Crippen molar-refractivity contribution in [3.63, 3.8) is 0 Å². The van der Waals surface area contributed by atoms with Crippen LogP contribution < -0.4 is 16.4 Å². The number of carboxylic acids is 2. The Labute approximate surface area is 819 Å². The second-order valence-electron chi connectivity index (χ2n) is 35.9. The number of methoxy groups -OCH3 is 4. The van der Waals surface area contributed by atoms with Crippen molar-refractivity contribution >= 4 is 72.1 Å². The number of aliphatic hydroxyl groups excluding tert-OH is 1. The number of rotatable bonds is 28. The minimum absolute atomic E-state index is 0.0822. The highest BCUT2D eigenvalue weighted by Crippen LogP contribution is 2.37. The number of nitrogens with two attached hydrogens (primary N) is 1. The Balaban J connectivity index is 0.000000297. The number of aromatic nitrogens is 2. The summed E-state index contributed by atoms with van der Waals surface area (Å²) in [7, 11) is 6.11. The third-order valence-electron chi connectivity index (χ3n) is 20.3. The van der Waals surface area contributed by atoms with E-state index in [2.05, 4.69) is 32.2 Å². The molecule has 7 aromatic rings. The van der Waals surface area contributed by atoms with E-state index in [1.807, 2.05) is 235 Å². The number of carboxylic acid groups (broad SMARTS) is 2. The molecule has 12 rings (SSSR count). The number of halogens is 4. The lowest BCUT2D eigenvalue weighted by molar-refractivity contribution is -0.192. The Morgan fingerprint density at radius 3 is 0.964 bits per heavy atom. The van der Waals surface area contributed by atoms with Gasteiger partial charge in [-0.2, -0.15) is 13.2 Å². The van der Waals surface area contributed by atoms with Gasteiger partial charge in [0.05, 0.1) is 111 Å². The monoisotopic (exact) mass is 1990 g/mol. The molecule has 7 amide bonds. The van der Waals surface area contributed by atoms with Gasteiger partial charge in [-0.15, -0.1) is 11.6 Å². The van der Waals surface area contributed by atoms with Crippen LogP contribution in [0.15, 0.2) is 185 Å². The van der Waals surface area contributed by atoms with Crippen molar-refractivity contribution in [2.45, 2.75) is 250 Å². The molecule has 0 radical (unpaired) electrons. The lowest BCUT2D eigenvalue weighted by Gasteiger charge is -2.25. The Morgan fingerprint density at radius 1 is 0.429 bits per heavy atom. The molecule has 0 aliphatic carbocycles. The highest BCUT2D eigenvalue weighted by Gasteiger charge is 2.47. The number of hydrogen-bond acceptors (Lipinski definition) is 29. The molecule has 42 heteroatoms. The number of amides is 7. The van der Waals surface area contributed by atoms with Crippen molar-refractivity contribution in [2.75, 3.05) is 87.2 Å². The molecular formula is C98H136ClF3N10O28. The minimum atomic E-state index is -5.08. The minimum Gasteiger partial charge on any atom is -0.480 e. The van der Waals surface area contributed by atoms with E-state index in [0.29, 0.717) is 63.4 Å². The van der Waals surface area contributed by atoms with Gasteiger partial charge in [0.1, 0.15) is 82.1 Å². The summed E-state index contributed by atoms with van der Waals surface area (Å²) in [5, 5.41) is 31.5. The number of aldehydes is 1. The summed E-state index contributed by atoms with van der Waals surface area (Å²) in [6.45, 7) is 26.1. The van der Waals surface area contributed by atoms with E-state index in [1.165, 1.54) is 58.9 Å². The van der Waals surface area contributed by atoms with Gasteiger partial charge < -0.3 is 107 Å². The predicted molar refractivity (Wildman–Crippen MR) is 504 cm³/mol. The first-order valence-corrected chi connectivity index (χ1v) is 45.8. The van der Waals surface area contributed by atoms with Gasteiger partial charge in [-0.05, 0) is 111 Å². The SMILES string of the molecule is CC(C)(C)O[C@@H]1C[C@@H](C(=O)NCC=O)N(C(=O)OCc2ccccc2)C1.CC(C)(C)O[C@@H]1C[C@@H](C(=O)O)N(C(=O)OCc2ccccc2)C1.CC(C)(C)O[C@@H]1C[C@@H](c2ncco2)N(C(=O)OCc2ccccc2)C1.CCl.COC(CN)OC.COC(CNC(=O)[C@@H]1C[C@@H](OC(C)(C)C)CN1C(=O)OCc1ccccc1)OC.O=C(O)C(F)(F)F.O=C(OCc1ccccc1)N1C[C@H](O)C[C@H]1c1ncco1. The van der Waals surface area contributed by atoms with Crippen LogP contribution in [0.1, 0.15) is 167 Å². The smallest absolute Gasteiger partial charge is 0.480 e. The number of carbonyl (C=O) groups excluding carboxylic acids is 8. The predicted octanol–water partition coefficient (Wildman–Crippen LogP) is 14.0. The van der Waals surface area contributed by atoms with Gasteiger partial charge in [0.15, 0.2) is 12.6 Å². The van der Waals surface area contributed by atoms with Gasteiger partial charge in [-0.25, -0.2) is 43.5 Å². The Bertz CT molecular complexity index is 4760. The second kappa shape index (κ2) is 59.6. The number of nitrogens with one attached hydrogen (secondary N) is 2. The maximum absolute atomic E-state index is 12.8. The van der Waals surface area contributed by atoms with Crippen LogP contribution in [0.25, 0.3) is 0 Å². The van der Waals surface area contributed by atoms with Gasteiger partial charge >= 0.3 is 48.6 Å². The lowest BCUT2D eigenvalue weighted by atomic mass is 10.1. The molecule has 5 aromatic carbocycles. The van der Waals surface area contributed by atoms with Crippen LogP contribution in [0.5, 0.6) is 0 Å². The van der Waals surface area contributed by atoms with E-state index in [9.17, 15) is 66.5 Å². The number of β-amino-alcohol motifs (C(OH)–C–C–N with tert-alkyl or cyclic N) is 1. The standard InChI is InChI=1S/C21H32N2O6.C19H26N2O5.C19H24N2O4.C17H23NO5.C15H16N2O4.C4H11NO2.C2HF3O2.CH3Cl/c1-21(2,3)29-16-11-17(19(24)22-12-18(26-4)27-5)23(13-16)20(25)28-14-15-9-7-6-8-10-15;1-19(2,3)26-15-11-16(17(23)20-9-10-22)21(12-15)18(24)25-13-14-7-5-4-6-8-14;1-19(2,3)25-15-11-16(17-20-9-10-23-17)21(12-15)18(22)24-13-14-7-5-4-6-8-14;1-17(2,3)23-13-9-14(15(19)20)18(10-13)16(21)22-11-12-7-5-4-6-8-12;18-12-8-13(14-16-6-7-20-14)17(9-12)15(19)21-10-11-4-2-1-3-5-11;1-6-4(3-5)7-2;3-2(4,5)1(6)7;1-2/h6-10,16-18H,11-14H2,1-5H3,(H,22,24);4-8,10,15-16H,9,11-13H2,1-3H3,(H,20,23);4-10,15-16H,11-13H2,1-3H3;4-8,13-14H,9-11H2,1-3H3,(H,19,20);1-7,12-13,18H,8-10H2;4H,3,5H2,1-2H3;(H,6,7);1H3/t16-,17+;2*15-,16+;13-,14+;12-,13+;;;/m11111.../s1. The topological polar surface area (TPSA) is 470 Å². The molecular weight excluding hydrogens is 1860 g/mol. The Morgan fingerprint density at radius 2 is 0.700 bits per heavy atom. The summed E-state index contributed by atoms with van der Waals surface area (Å²) in [4.78, 5) is 134. The zero-order valence-electron chi connectivity index (χ0n) is 82.2. The fourth-order valence-corrected chi connectivity index (χ4v) is 14.5. The maximum atomic E-state index is 12.8. The van der Waals surface area contributed by atoms with Crippen molar-refractivity contribution < 1.29 is 147 Å². The highest BCUT2D eigenvalue weighted by molar-refractivity contribution is 6.15. The molecule has 140 heavy (non-hydrogen) atoms. The molecule has 774 valence electrons. The molecule has 0 spiro atoms. The van der Waals surface area contributed by atoms with E-state index in [0.717, 1.165) is 27.8 Å². The van der Waals surface area contributed by atoms with Crippen LogP contribution in [0.2, 0.25) is 0 Å². The number of aliphatic hydroxyl groups is 1. The number of likely N-dealkylation sites (tertiary alicyclic amines) is 5. The van der Waals surface area contributed by atoms with E-state index >= 15 is 0 Å². The normalized spacial score (nSPS) is 19.2. The zero-order valence-corrected chi connectivity index (χ0v) is 83.0. The van der Waals surface area contributed by atoms with Crippen LogP contribution in [0.4, 0.5) is 37.1 Å². The molecule has 0 unspecified atom stereocenters. The van der Waals surface area contributed by atoms with Crippen LogP contribution in [-0.4, -0.2) is 287 Å². The van der Waals surface area contributed by atoms with Crippen molar-refractivity contribution in [1.29, 1.82) is 0 Å². The number of nitrogens with zero attached hydrogens (tertiary/aromatic N) is 7. The second-order valence-corrected chi connectivity index (χ2v) is 35.9. The molecule has 2 aromatic heterocycles. The van der Waals surface area contributed by atoms with E-state index in [4.69, 9.17) is 86.0 Å². The molecule has 5 fully saturated rings. The first-order chi connectivity index (χ1) is 66.2. The average Bonchev–Trinajstić information content (AvgIpc) is 1.67. The number of alkyl halides is 4. The molecule has 7 N–H and O–H groups in total. The number of hydrogen-bond donors (Lipinski definition) is 6. The van der Waals surface area contributed by atoms with Crippen molar-refractivity contribution in [2.24, 2.45) is 5.73 Å². The summed E-state index contributed by atoms with van der Waals surface area (Å²) < 4.78 is 113. The third-order valence-corrected chi connectivity index (χ3v) is 20.3. The summed E-state index contributed by atoms with van der Waals surface area (Å²) in [5.41, 5.74) is 8.16. The zero-order chi connectivity index (χ0) is 104. The largest absolute Gasteiger partial charge is 0.490 e. The summed E-state index contributed by atoms with van der Waals surface area (Å²) >= 11 is 4.64. The van der Waals surface area contributed by atoms with Gasteiger partial charge in [-0.3, -0.25) is 34.1 Å². The van der Waals surface area contributed by atoms with E-state index < -0.39 is 84.2 Å². The molecule has 5 aliphatic heterocycles. The molecule has 5 aliphatic rings. The number of carbonyl (C=O) groups is 10. The van der Waals surface area contributed by atoms with Crippen molar-refractivity contribution in [3.05, 3.63) is 216 Å². The molecule has 10 atom stereocenters. The van der Waals surface area contributed by atoms with Crippen LogP contribution in [0, 0.1) is 0 Å². The maximum Gasteiger partial charge on any atom is 0.490 e. The van der Waals surface area contributed by atoms with Crippen LogP contribution >= 0.6 is 11.6 Å². The number of benzene rings is 5. The molecule has 0 bridgehead atoms. The van der Waals surface area contributed by atoms with Gasteiger partial charge in [0, 0.05) is 73.5 Å². The number of ether oxygens (including phenoxy) is 13. The number of aliphatic carboxylic acids is 2. The number of oxazole rings is 2. The lowest BCUT2D eigenvalue weighted by Crippen LogP contribution is -2.48. The fourth-order valence-electron chi connectivity index (χ4n) is 14.5. The van der Waals surface area contributed by atoms with Crippen LogP contribution in [-0.2, 0) is 119 Å². The van der Waals surface area contributed by atoms with Gasteiger partial charge in [-0.1, -0.05) is 152 Å². The fraction of sp³-hybridized carbons (Fsp3) is 0.531. The quantitative estimate of drug-likeness (QED) is 0.0115. The summed E-state index contributed by atoms with van der Waals surface area (Å²) in [5.74, 6) is -3.54. The van der Waals surface area contributed by atoms with Gasteiger partial charge in [0.25, 0.3) is 0 Å². The molecule has 5 saturated heterocycles. The average molecular weight is 1990 g/mol. The molecule has 7 heterocycles. The van der Waals surface area contributed by atoms with E-state index in [1.54, 1.807) is 25.3 Å². The molecule has 0 saturated carbocycles. The third kappa shape index (κ3) is 43.9. The Hall–Kier alpha value is -11.9. The van der Waals surface area contributed by atoms with Gasteiger partial charge in [0.2, 0.25) is 23.6 Å².